The second-order valence-corrected chi connectivity index (χ2v) is 10.9. The average Bonchev–Trinajstić information content (AvgIpc) is 3.51. The van der Waals surface area contributed by atoms with Crippen LogP contribution in [0.2, 0.25) is 5.02 Å². The molecular weight excluding hydrogens is 540 g/mol. The van der Waals surface area contributed by atoms with Gasteiger partial charge >= 0.3 is 0 Å². The minimum absolute atomic E-state index is 0.170. The molecule has 1 atom stereocenters. The molecule has 3 aromatic carbocycles. The van der Waals surface area contributed by atoms with Crippen molar-refractivity contribution in [3.8, 4) is 5.75 Å². The summed E-state index contributed by atoms with van der Waals surface area (Å²) in [4.78, 5) is 28.2. The van der Waals surface area contributed by atoms with Crippen LogP contribution >= 0.6 is 11.6 Å². The molecule has 9 nitrogen and oxygen atoms in total. The van der Waals surface area contributed by atoms with E-state index in [2.05, 4.69) is 39.0 Å². The van der Waals surface area contributed by atoms with E-state index in [1.54, 1.807) is 36.1 Å². The molecule has 2 amide bonds. The number of hydrazone groups is 1. The van der Waals surface area contributed by atoms with Gasteiger partial charge in [-0.3, -0.25) is 20.3 Å². The zero-order valence-corrected chi connectivity index (χ0v) is 24.0. The monoisotopic (exact) mass is 574 g/mol. The van der Waals surface area contributed by atoms with E-state index >= 15 is 0 Å². The number of carbonyl (C=O) groups is 2. The Kier molecular flexibility index (Phi) is 9.06. The van der Waals surface area contributed by atoms with E-state index in [-0.39, 0.29) is 17.8 Å². The van der Waals surface area contributed by atoms with Crippen molar-refractivity contribution in [2.45, 2.75) is 64.5 Å². The number of rotatable bonds is 8. The number of hydrogen-bond donors (Lipinski definition) is 4. The molecular formula is C31H35ClN6O3. The summed E-state index contributed by atoms with van der Waals surface area (Å²) >= 11 is 6.11. The molecule has 0 bridgehead atoms. The molecule has 4 N–H and O–H groups in total. The van der Waals surface area contributed by atoms with Crippen LogP contribution in [0.1, 0.15) is 72.0 Å². The molecule has 0 spiro atoms. The summed E-state index contributed by atoms with van der Waals surface area (Å²) in [5.41, 5.74) is 12.1. The van der Waals surface area contributed by atoms with Gasteiger partial charge in [0.15, 0.2) is 6.10 Å². The number of anilines is 1. The summed E-state index contributed by atoms with van der Waals surface area (Å²) < 4.78 is 6.10. The first kappa shape index (κ1) is 28.4. The predicted molar refractivity (Wildman–Crippen MR) is 160 cm³/mol. The fraction of sp³-hybridized carbons (Fsp3) is 0.323. The van der Waals surface area contributed by atoms with E-state index in [0.29, 0.717) is 28.8 Å². The van der Waals surface area contributed by atoms with Gasteiger partial charge in [0, 0.05) is 16.3 Å². The Morgan fingerprint density at radius 3 is 2.44 bits per heavy atom. The van der Waals surface area contributed by atoms with Gasteiger partial charge in [-0.1, -0.05) is 55.1 Å². The summed E-state index contributed by atoms with van der Waals surface area (Å²) in [6, 6.07) is 20.9. The van der Waals surface area contributed by atoms with E-state index < -0.39 is 6.10 Å². The summed E-state index contributed by atoms with van der Waals surface area (Å²) in [5.74, 6) is 0.993. The molecule has 1 saturated carbocycles. The van der Waals surface area contributed by atoms with E-state index in [0.717, 1.165) is 16.8 Å². The standard InChI is InChI=1S/C31H35ClN6O3/c1-20-18-26(32)14-17-28(20)41-21(2)30(40)38(27-15-12-24(13-16-27)23-6-4-3-5-7-23)19-22-8-10-25(11-9-22)29(39)33-31-34-36-37-35-31/h8-18,21,23,36-37H,3-7,19H2,1-2H3,(H2,33,34,35,39). The maximum atomic E-state index is 13.9. The van der Waals surface area contributed by atoms with Crippen LogP contribution in [0.25, 0.3) is 0 Å². The van der Waals surface area contributed by atoms with Crippen LogP contribution in [0.5, 0.6) is 5.75 Å². The Morgan fingerprint density at radius 2 is 1.78 bits per heavy atom. The first-order chi connectivity index (χ1) is 19.9. The number of benzene rings is 3. The third-order valence-corrected chi connectivity index (χ3v) is 7.76. The molecule has 1 fully saturated rings. The second-order valence-electron chi connectivity index (χ2n) is 10.5. The molecule has 2 aliphatic rings. The number of hydrazine groups is 2. The van der Waals surface area contributed by atoms with E-state index in [1.165, 1.54) is 37.7 Å². The van der Waals surface area contributed by atoms with Crippen molar-refractivity contribution < 1.29 is 14.3 Å². The summed E-state index contributed by atoms with van der Waals surface area (Å²) in [5, 5.41) is 7.13. The van der Waals surface area contributed by atoms with Crippen LogP contribution < -0.4 is 31.4 Å². The van der Waals surface area contributed by atoms with Crippen LogP contribution in [-0.2, 0) is 11.3 Å². The molecule has 0 radical (unpaired) electrons. The zero-order valence-electron chi connectivity index (χ0n) is 23.2. The van der Waals surface area contributed by atoms with Crippen molar-refractivity contribution in [3.05, 3.63) is 94.0 Å². The molecule has 1 aliphatic heterocycles. The fourth-order valence-corrected chi connectivity index (χ4v) is 5.47. The van der Waals surface area contributed by atoms with Crippen molar-refractivity contribution in [1.29, 1.82) is 0 Å². The summed E-state index contributed by atoms with van der Waals surface area (Å²) in [6.07, 6.45) is 5.53. The number of nitrogens with zero attached hydrogens (tertiary/aromatic N) is 2. The topological polar surface area (TPSA) is 107 Å². The minimum Gasteiger partial charge on any atom is -0.481 e. The third-order valence-electron chi connectivity index (χ3n) is 7.53. The van der Waals surface area contributed by atoms with Gasteiger partial charge in [-0.2, -0.15) is 0 Å². The molecule has 10 heteroatoms. The number of amides is 2. The number of ether oxygens (including phenoxy) is 1. The van der Waals surface area contributed by atoms with Crippen molar-refractivity contribution in [2.75, 3.05) is 4.90 Å². The molecule has 1 heterocycles. The van der Waals surface area contributed by atoms with Gasteiger partial charge in [-0.05, 0) is 91.8 Å². The minimum atomic E-state index is -0.736. The average molecular weight is 575 g/mol. The van der Waals surface area contributed by atoms with Crippen LogP contribution in [0.3, 0.4) is 0 Å². The molecule has 5 rings (SSSR count). The van der Waals surface area contributed by atoms with E-state index in [9.17, 15) is 9.59 Å². The largest absolute Gasteiger partial charge is 0.481 e. The van der Waals surface area contributed by atoms with E-state index in [1.807, 2.05) is 37.3 Å². The molecule has 41 heavy (non-hydrogen) atoms. The number of carbonyl (C=O) groups excluding carboxylic acids is 2. The van der Waals surface area contributed by atoms with Gasteiger partial charge < -0.3 is 9.64 Å². The molecule has 0 saturated heterocycles. The lowest BCUT2D eigenvalue weighted by Crippen LogP contribution is -2.43. The van der Waals surface area contributed by atoms with Gasteiger partial charge in [0.1, 0.15) is 5.75 Å². The van der Waals surface area contributed by atoms with Gasteiger partial charge in [0.05, 0.1) is 6.54 Å². The third kappa shape index (κ3) is 7.17. The van der Waals surface area contributed by atoms with Crippen LogP contribution in [0.4, 0.5) is 5.69 Å². The molecule has 1 unspecified atom stereocenters. The van der Waals surface area contributed by atoms with Crippen LogP contribution in [-0.4, -0.2) is 23.9 Å². The maximum Gasteiger partial charge on any atom is 0.268 e. The summed E-state index contributed by atoms with van der Waals surface area (Å²) in [7, 11) is 0. The van der Waals surface area contributed by atoms with Gasteiger partial charge in [-0.15, -0.1) is 10.6 Å². The van der Waals surface area contributed by atoms with E-state index in [4.69, 9.17) is 16.3 Å². The molecule has 1 aliphatic carbocycles. The number of hydrogen-bond acceptors (Lipinski definition) is 7. The first-order valence-corrected chi connectivity index (χ1v) is 14.3. The number of guanidine groups is 1. The smallest absolute Gasteiger partial charge is 0.268 e. The Labute approximate surface area is 245 Å². The SMILES string of the molecule is Cc1cc(Cl)ccc1OC(C)C(=O)N(Cc1ccc(C(=O)NC2=NNNN2)cc1)c1ccc(C2CCCCC2)cc1. The quantitative estimate of drug-likeness (QED) is 0.290. The highest BCUT2D eigenvalue weighted by molar-refractivity contribution is 6.30. The predicted octanol–water partition coefficient (Wildman–Crippen LogP) is 5.31. The van der Waals surface area contributed by atoms with Crippen molar-refractivity contribution in [3.63, 3.8) is 0 Å². The van der Waals surface area contributed by atoms with Gasteiger partial charge in [-0.25, -0.2) is 5.53 Å². The Hall–Kier alpha value is -4.08. The highest BCUT2D eigenvalue weighted by atomic mass is 35.5. The molecule has 0 aromatic heterocycles. The fourth-order valence-electron chi connectivity index (χ4n) is 5.25. The Morgan fingerprint density at radius 1 is 1.05 bits per heavy atom. The number of halogens is 1. The van der Waals surface area contributed by atoms with Crippen molar-refractivity contribution in [2.24, 2.45) is 5.10 Å². The van der Waals surface area contributed by atoms with Crippen molar-refractivity contribution in [1.82, 2.24) is 21.8 Å². The van der Waals surface area contributed by atoms with Crippen LogP contribution in [0, 0.1) is 6.92 Å². The summed E-state index contributed by atoms with van der Waals surface area (Å²) in [6.45, 7) is 3.98. The van der Waals surface area contributed by atoms with Crippen molar-refractivity contribution >= 4 is 35.1 Å². The normalized spacial score (nSPS) is 15.7. The van der Waals surface area contributed by atoms with Gasteiger partial charge in [0.2, 0.25) is 5.96 Å². The highest BCUT2D eigenvalue weighted by Gasteiger charge is 2.25. The van der Waals surface area contributed by atoms with Gasteiger partial charge in [0.25, 0.3) is 11.8 Å². The Balaban J connectivity index is 1.35. The highest BCUT2D eigenvalue weighted by Crippen LogP contribution is 2.34. The maximum absolute atomic E-state index is 13.9. The lowest BCUT2D eigenvalue weighted by Gasteiger charge is -2.28. The first-order valence-electron chi connectivity index (χ1n) is 14.0. The molecule has 214 valence electrons. The Bertz CT molecular complexity index is 1400. The lowest BCUT2D eigenvalue weighted by molar-refractivity contribution is -0.124. The lowest BCUT2D eigenvalue weighted by atomic mass is 9.84. The number of nitrogens with one attached hydrogen (secondary N) is 4. The number of aryl methyl sites for hydroxylation is 1. The van der Waals surface area contributed by atoms with Crippen LogP contribution in [0.15, 0.2) is 71.8 Å². The second kappa shape index (κ2) is 13.1. The molecule has 3 aromatic rings. The zero-order chi connectivity index (χ0) is 28.8.